The van der Waals surface area contributed by atoms with Crippen LogP contribution in [0.3, 0.4) is 0 Å². The van der Waals surface area contributed by atoms with Gasteiger partial charge in [-0.2, -0.15) is 5.10 Å². The average Bonchev–Trinajstić information content (AvgIpc) is 2.42. The van der Waals surface area contributed by atoms with Gasteiger partial charge in [0, 0.05) is 11.1 Å². The summed E-state index contributed by atoms with van der Waals surface area (Å²) in [4.78, 5) is 11.7. The number of aromatic hydroxyl groups is 1. The van der Waals surface area contributed by atoms with Gasteiger partial charge in [-0.1, -0.05) is 24.3 Å². The van der Waals surface area contributed by atoms with Crippen molar-refractivity contribution in [3.63, 3.8) is 0 Å². The van der Waals surface area contributed by atoms with E-state index in [0.717, 1.165) is 5.56 Å². The fourth-order valence-electron chi connectivity index (χ4n) is 1.58. The molecule has 4 heteroatoms. The van der Waals surface area contributed by atoms with E-state index in [1.807, 2.05) is 19.1 Å². The van der Waals surface area contributed by atoms with Gasteiger partial charge in [-0.15, -0.1) is 0 Å². The molecule has 0 unspecified atom stereocenters. The van der Waals surface area contributed by atoms with Gasteiger partial charge in [0.1, 0.15) is 5.75 Å². The van der Waals surface area contributed by atoms with E-state index in [2.05, 4.69) is 10.5 Å². The molecule has 0 heterocycles. The SMILES string of the molecule is Cc1ccc(/C=N/NC(=O)c2ccccc2)c(O)c1. The van der Waals surface area contributed by atoms with E-state index in [9.17, 15) is 9.90 Å². The summed E-state index contributed by atoms with van der Waals surface area (Å²) in [5.74, 6) is -0.152. The molecule has 2 N–H and O–H groups in total. The first kappa shape index (κ1) is 12.8. The second-order valence-corrected chi connectivity index (χ2v) is 4.13. The third-order valence-electron chi connectivity index (χ3n) is 2.59. The Kier molecular flexibility index (Phi) is 3.93. The Labute approximate surface area is 111 Å². The van der Waals surface area contributed by atoms with E-state index >= 15 is 0 Å². The predicted octanol–water partition coefficient (Wildman–Crippen LogP) is 2.46. The highest BCUT2D eigenvalue weighted by molar-refractivity contribution is 5.95. The third-order valence-corrected chi connectivity index (χ3v) is 2.59. The van der Waals surface area contributed by atoms with Gasteiger partial charge >= 0.3 is 0 Å². The number of hydrogen-bond acceptors (Lipinski definition) is 3. The first-order valence-corrected chi connectivity index (χ1v) is 5.85. The number of amides is 1. The van der Waals surface area contributed by atoms with Crippen LogP contribution in [0.1, 0.15) is 21.5 Å². The third kappa shape index (κ3) is 3.42. The molecule has 19 heavy (non-hydrogen) atoms. The minimum absolute atomic E-state index is 0.137. The fourth-order valence-corrected chi connectivity index (χ4v) is 1.58. The van der Waals surface area contributed by atoms with Crippen LogP contribution in [-0.4, -0.2) is 17.2 Å². The molecule has 0 saturated carbocycles. The Morgan fingerprint density at radius 2 is 1.95 bits per heavy atom. The zero-order valence-corrected chi connectivity index (χ0v) is 10.5. The predicted molar refractivity (Wildman–Crippen MR) is 74.3 cm³/mol. The Morgan fingerprint density at radius 3 is 2.63 bits per heavy atom. The Balaban J connectivity index is 2.02. The molecule has 0 atom stereocenters. The minimum atomic E-state index is -0.288. The fraction of sp³-hybridized carbons (Fsp3) is 0.0667. The number of nitrogens with zero attached hydrogens (tertiary/aromatic N) is 1. The smallest absolute Gasteiger partial charge is 0.271 e. The number of hydrazone groups is 1. The van der Waals surface area contributed by atoms with Gasteiger partial charge in [-0.25, -0.2) is 5.43 Å². The maximum atomic E-state index is 11.7. The van der Waals surface area contributed by atoms with Crippen molar-refractivity contribution in [2.75, 3.05) is 0 Å². The van der Waals surface area contributed by atoms with Crippen LogP contribution >= 0.6 is 0 Å². The van der Waals surface area contributed by atoms with Gasteiger partial charge in [0.25, 0.3) is 5.91 Å². The Hall–Kier alpha value is -2.62. The van der Waals surface area contributed by atoms with E-state index in [1.165, 1.54) is 6.21 Å². The lowest BCUT2D eigenvalue weighted by Crippen LogP contribution is -2.17. The van der Waals surface area contributed by atoms with Crippen LogP contribution in [0.15, 0.2) is 53.6 Å². The highest BCUT2D eigenvalue weighted by Crippen LogP contribution is 2.15. The molecule has 0 radical (unpaired) electrons. The molecule has 2 rings (SSSR count). The van der Waals surface area contributed by atoms with Crippen molar-refractivity contribution in [2.24, 2.45) is 5.10 Å². The van der Waals surface area contributed by atoms with Gasteiger partial charge in [0.2, 0.25) is 0 Å². The molecule has 2 aromatic rings. The van der Waals surface area contributed by atoms with E-state index in [1.54, 1.807) is 36.4 Å². The van der Waals surface area contributed by atoms with Crippen molar-refractivity contribution in [3.05, 3.63) is 65.2 Å². The number of carbonyl (C=O) groups excluding carboxylic acids is 1. The zero-order chi connectivity index (χ0) is 13.7. The lowest BCUT2D eigenvalue weighted by molar-refractivity contribution is 0.0955. The van der Waals surface area contributed by atoms with Crippen LogP contribution in [0.2, 0.25) is 0 Å². The quantitative estimate of drug-likeness (QED) is 0.653. The van der Waals surface area contributed by atoms with Crippen molar-refractivity contribution in [1.29, 1.82) is 0 Å². The molecule has 0 aliphatic carbocycles. The lowest BCUT2D eigenvalue weighted by atomic mass is 10.1. The number of phenolic OH excluding ortho intramolecular Hbond substituents is 1. The lowest BCUT2D eigenvalue weighted by Gasteiger charge is -2.01. The van der Waals surface area contributed by atoms with Crippen LogP contribution in [0.25, 0.3) is 0 Å². The Morgan fingerprint density at radius 1 is 1.21 bits per heavy atom. The van der Waals surface area contributed by atoms with Crippen LogP contribution < -0.4 is 5.43 Å². The van der Waals surface area contributed by atoms with Crippen molar-refractivity contribution >= 4 is 12.1 Å². The first-order chi connectivity index (χ1) is 9.16. The molecule has 0 spiro atoms. The van der Waals surface area contributed by atoms with Gasteiger partial charge in [0.15, 0.2) is 0 Å². The molecule has 0 aliphatic heterocycles. The summed E-state index contributed by atoms with van der Waals surface area (Å²) < 4.78 is 0. The van der Waals surface area contributed by atoms with Gasteiger partial charge in [0.05, 0.1) is 6.21 Å². The molecule has 96 valence electrons. The topological polar surface area (TPSA) is 61.7 Å². The molecule has 1 amide bonds. The molecular weight excluding hydrogens is 240 g/mol. The van der Waals surface area contributed by atoms with Crippen molar-refractivity contribution in [2.45, 2.75) is 6.92 Å². The summed E-state index contributed by atoms with van der Waals surface area (Å²) in [6, 6.07) is 14.0. The molecule has 0 fully saturated rings. The van der Waals surface area contributed by atoms with E-state index in [0.29, 0.717) is 11.1 Å². The molecule has 0 bridgehead atoms. The summed E-state index contributed by atoms with van der Waals surface area (Å²) in [6.07, 6.45) is 1.41. The highest BCUT2D eigenvalue weighted by Gasteiger charge is 2.02. The van der Waals surface area contributed by atoms with Crippen molar-refractivity contribution < 1.29 is 9.90 Å². The average molecular weight is 254 g/mol. The van der Waals surface area contributed by atoms with Gasteiger partial charge in [-0.3, -0.25) is 4.79 Å². The summed E-state index contributed by atoms with van der Waals surface area (Å²) in [7, 11) is 0. The van der Waals surface area contributed by atoms with Crippen LogP contribution in [0, 0.1) is 6.92 Å². The Bertz CT molecular complexity index is 607. The van der Waals surface area contributed by atoms with E-state index < -0.39 is 0 Å². The number of aryl methyl sites for hydroxylation is 1. The summed E-state index contributed by atoms with van der Waals surface area (Å²) in [5.41, 5.74) is 4.46. The maximum absolute atomic E-state index is 11.7. The molecule has 4 nitrogen and oxygen atoms in total. The zero-order valence-electron chi connectivity index (χ0n) is 10.5. The number of hydrogen-bond donors (Lipinski definition) is 2. The number of phenols is 1. The largest absolute Gasteiger partial charge is 0.507 e. The summed E-state index contributed by atoms with van der Waals surface area (Å²) in [5, 5.41) is 13.5. The summed E-state index contributed by atoms with van der Waals surface area (Å²) in [6.45, 7) is 1.89. The molecular formula is C15H14N2O2. The second kappa shape index (κ2) is 5.82. The van der Waals surface area contributed by atoms with Crippen LogP contribution in [-0.2, 0) is 0 Å². The highest BCUT2D eigenvalue weighted by atomic mass is 16.3. The second-order valence-electron chi connectivity index (χ2n) is 4.13. The van der Waals surface area contributed by atoms with Crippen molar-refractivity contribution in [1.82, 2.24) is 5.43 Å². The summed E-state index contributed by atoms with van der Waals surface area (Å²) >= 11 is 0. The first-order valence-electron chi connectivity index (χ1n) is 5.85. The number of rotatable bonds is 3. The van der Waals surface area contributed by atoms with E-state index in [-0.39, 0.29) is 11.7 Å². The van der Waals surface area contributed by atoms with Crippen LogP contribution in [0.5, 0.6) is 5.75 Å². The molecule has 0 aliphatic rings. The normalized spacial score (nSPS) is 10.6. The maximum Gasteiger partial charge on any atom is 0.271 e. The molecule has 0 aromatic heterocycles. The monoisotopic (exact) mass is 254 g/mol. The molecule has 2 aromatic carbocycles. The number of nitrogens with one attached hydrogen (secondary N) is 1. The number of carbonyl (C=O) groups is 1. The van der Waals surface area contributed by atoms with Gasteiger partial charge < -0.3 is 5.11 Å². The number of benzene rings is 2. The van der Waals surface area contributed by atoms with Gasteiger partial charge in [-0.05, 0) is 36.8 Å². The van der Waals surface area contributed by atoms with E-state index in [4.69, 9.17) is 0 Å². The molecule has 0 saturated heterocycles. The van der Waals surface area contributed by atoms with Crippen LogP contribution in [0.4, 0.5) is 0 Å². The van der Waals surface area contributed by atoms with Crippen molar-refractivity contribution in [3.8, 4) is 5.75 Å². The standard InChI is InChI=1S/C15H14N2O2/c1-11-7-8-13(14(18)9-11)10-16-17-15(19)12-5-3-2-4-6-12/h2-10,18H,1H3,(H,17,19)/b16-10+. The minimum Gasteiger partial charge on any atom is -0.507 e.